The summed E-state index contributed by atoms with van der Waals surface area (Å²) in [6, 6.07) is 3.86. The van der Waals surface area contributed by atoms with Gasteiger partial charge in [0.2, 0.25) is 6.79 Å². The molecule has 1 aliphatic rings. The van der Waals surface area contributed by atoms with E-state index in [0.29, 0.717) is 5.75 Å². The third kappa shape index (κ3) is 2.18. The van der Waals surface area contributed by atoms with Crippen LogP contribution in [-0.4, -0.2) is 30.4 Å². The van der Waals surface area contributed by atoms with Crippen LogP contribution < -0.4 is 9.47 Å². The number of halogens is 2. The van der Waals surface area contributed by atoms with E-state index in [9.17, 15) is 18.7 Å². The smallest absolute Gasteiger partial charge is 0.380 e. The fraction of sp³-hybridized carbons (Fsp3) is 0.462. The number of aliphatic hydroxyl groups is 1. The Hall–Kier alpha value is -1.89. The molecular weight excluding hydrogens is 274 g/mol. The molecule has 0 amide bonds. The first kappa shape index (κ1) is 14.5. The molecule has 7 heteroatoms. The number of hydrogen-bond donors (Lipinski definition) is 1. The number of rotatable bonds is 4. The predicted octanol–water partition coefficient (Wildman–Crippen LogP) is 1.82. The van der Waals surface area contributed by atoms with Gasteiger partial charge in [0.1, 0.15) is 0 Å². The lowest BCUT2D eigenvalue weighted by Crippen LogP contribution is -2.49. The Morgan fingerprint density at radius 1 is 1.40 bits per heavy atom. The van der Waals surface area contributed by atoms with Crippen molar-refractivity contribution in [3.05, 3.63) is 23.8 Å². The van der Waals surface area contributed by atoms with Gasteiger partial charge >= 0.3 is 11.9 Å². The molecule has 0 bridgehead atoms. The van der Waals surface area contributed by atoms with Gasteiger partial charge in [0.15, 0.2) is 17.1 Å². The normalized spacial score (nSPS) is 16.6. The van der Waals surface area contributed by atoms with Gasteiger partial charge in [0, 0.05) is 0 Å². The number of esters is 1. The van der Waals surface area contributed by atoms with Crippen LogP contribution in [0.4, 0.5) is 8.78 Å². The van der Waals surface area contributed by atoms with Gasteiger partial charge < -0.3 is 19.3 Å². The molecule has 1 aromatic rings. The van der Waals surface area contributed by atoms with Crippen LogP contribution in [0.5, 0.6) is 11.5 Å². The van der Waals surface area contributed by atoms with Crippen molar-refractivity contribution in [2.75, 3.05) is 13.4 Å². The Morgan fingerprint density at radius 3 is 2.70 bits per heavy atom. The summed E-state index contributed by atoms with van der Waals surface area (Å²) < 4.78 is 42.5. The van der Waals surface area contributed by atoms with Crippen LogP contribution >= 0.6 is 0 Å². The highest BCUT2D eigenvalue weighted by atomic mass is 19.3. The lowest BCUT2D eigenvalue weighted by Gasteiger charge is -2.31. The van der Waals surface area contributed by atoms with E-state index in [2.05, 4.69) is 4.74 Å². The highest BCUT2D eigenvalue weighted by molar-refractivity contribution is 5.79. The quantitative estimate of drug-likeness (QED) is 0.856. The summed E-state index contributed by atoms with van der Waals surface area (Å²) >= 11 is 0. The summed E-state index contributed by atoms with van der Waals surface area (Å²) in [5.41, 5.74) is -2.89. The zero-order valence-electron chi connectivity index (χ0n) is 11.0. The van der Waals surface area contributed by atoms with Crippen molar-refractivity contribution < 1.29 is 32.9 Å². The summed E-state index contributed by atoms with van der Waals surface area (Å²) in [6.45, 7) is 2.03. The van der Waals surface area contributed by atoms with Crippen molar-refractivity contribution in [3.8, 4) is 11.5 Å². The van der Waals surface area contributed by atoms with E-state index in [1.807, 2.05) is 0 Å². The predicted molar refractivity (Wildman–Crippen MR) is 63.7 cm³/mol. The number of carbonyl (C=O) groups excluding carboxylic acids is 1. The van der Waals surface area contributed by atoms with Gasteiger partial charge in [-0.15, -0.1) is 0 Å². The molecule has 1 aliphatic heterocycles. The highest BCUT2D eigenvalue weighted by Gasteiger charge is 2.58. The molecule has 0 aromatic heterocycles. The van der Waals surface area contributed by atoms with E-state index in [1.54, 1.807) is 0 Å². The lowest BCUT2D eigenvalue weighted by atomic mass is 9.89. The van der Waals surface area contributed by atoms with Crippen LogP contribution in [0.3, 0.4) is 0 Å². The Labute approximate surface area is 114 Å². The molecule has 0 aliphatic carbocycles. The molecule has 110 valence electrons. The molecular formula is C13H14F2O5. The molecule has 1 atom stereocenters. The van der Waals surface area contributed by atoms with Crippen LogP contribution in [0.15, 0.2) is 18.2 Å². The number of hydrogen-bond acceptors (Lipinski definition) is 5. The van der Waals surface area contributed by atoms with Crippen molar-refractivity contribution in [1.29, 1.82) is 0 Å². The number of fused-ring (bicyclic) bond motifs is 1. The molecule has 0 spiro atoms. The minimum absolute atomic E-state index is 0.0187. The van der Waals surface area contributed by atoms with Crippen molar-refractivity contribution >= 4 is 5.97 Å². The molecule has 1 unspecified atom stereocenters. The fourth-order valence-corrected chi connectivity index (χ4v) is 1.80. The largest absolute Gasteiger partial charge is 0.461 e. The average Bonchev–Trinajstić information content (AvgIpc) is 2.85. The van der Waals surface area contributed by atoms with Crippen molar-refractivity contribution in [3.63, 3.8) is 0 Å². The summed E-state index contributed by atoms with van der Waals surface area (Å²) in [4.78, 5) is 11.3. The summed E-state index contributed by atoms with van der Waals surface area (Å²) in [5.74, 6) is -5.23. The van der Waals surface area contributed by atoms with Gasteiger partial charge in [0.05, 0.1) is 6.61 Å². The number of carbonyl (C=O) groups is 1. The second-order valence-electron chi connectivity index (χ2n) is 4.44. The molecule has 0 fully saturated rings. The van der Waals surface area contributed by atoms with Gasteiger partial charge in [0.25, 0.3) is 0 Å². The van der Waals surface area contributed by atoms with Gasteiger partial charge in [-0.05, 0) is 31.5 Å². The van der Waals surface area contributed by atoms with Crippen LogP contribution in [-0.2, 0) is 15.1 Å². The van der Waals surface area contributed by atoms with E-state index in [0.717, 1.165) is 6.92 Å². The lowest BCUT2D eigenvalue weighted by molar-refractivity contribution is -0.212. The van der Waals surface area contributed by atoms with Gasteiger partial charge in [-0.2, -0.15) is 8.78 Å². The number of benzene rings is 1. The maximum atomic E-state index is 14.0. The monoisotopic (exact) mass is 288 g/mol. The number of alkyl halides is 2. The standard InChI is InChI=1S/C13H14F2O5/c1-3-18-11(16)13(14,15)12(2,17)8-4-5-9-10(6-8)20-7-19-9/h4-6,17H,3,7H2,1-2H3. The van der Waals surface area contributed by atoms with Crippen molar-refractivity contribution in [2.45, 2.75) is 25.4 Å². The maximum Gasteiger partial charge on any atom is 0.380 e. The second-order valence-corrected chi connectivity index (χ2v) is 4.44. The first-order chi connectivity index (χ1) is 9.30. The first-order valence-electron chi connectivity index (χ1n) is 5.98. The topological polar surface area (TPSA) is 65.0 Å². The molecule has 0 radical (unpaired) electrons. The number of ether oxygens (including phenoxy) is 3. The van der Waals surface area contributed by atoms with Gasteiger partial charge in [-0.1, -0.05) is 6.07 Å². The molecule has 1 heterocycles. The zero-order valence-corrected chi connectivity index (χ0v) is 11.0. The third-order valence-corrected chi connectivity index (χ3v) is 3.08. The van der Waals surface area contributed by atoms with Crippen molar-refractivity contribution in [2.24, 2.45) is 0 Å². The van der Waals surface area contributed by atoms with Crippen LogP contribution in [0.2, 0.25) is 0 Å². The Balaban J connectivity index is 2.36. The first-order valence-corrected chi connectivity index (χ1v) is 5.98. The molecule has 20 heavy (non-hydrogen) atoms. The highest BCUT2D eigenvalue weighted by Crippen LogP contribution is 2.42. The van der Waals surface area contributed by atoms with E-state index in [1.165, 1.54) is 25.1 Å². The van der Waals surface area contributed by atoms with E-state index < -0.39 is 17.5 Å². The van der Waals surface area contributed by atoms with E-state index in [4.69, 9.17) is 9.47 Å². The fourth-order valence-electron chi connectivity index (χ4n) is 1.80. The molecule has 5 nitrogen and oxygen atoms in total. The molecule has 1 aromatic carbocycles. The average molecular weight is 288 g/mol. The Morgan fingerprint density at radius 2 is 2.05 bits per heavy atom. The molecule has 1 N–H and O–H groups in total. The molecule has 0 saturated carbocycles. The molecule has 0 saturated heterocycles. The second kappa shape index (κ2) is 4.90. The summed E-state index contributed by atoms with van der Waals surface area (Å²) in [6.07, 6.45) is 0. The summed E-state index contributed by atoms with van der Waals surface area (Å²) in [5, 5.41) is 10.1. The maximum absolute atomic E-state index is 14.0. The minimum Gasteiger partial charge on any atom is -0.461 e. The van der Waals surface area contributed by atoms with E-state index in [-0.39, 0.29) is 24.7 Å². The van der Waals surface area contributed by atoms with E-state index >= 15 is 0 Å². The van der Waals surface area contributed by atoms with Gasteiger partial charge in [-0.3, -0.25) is 0 Å². The van der Waals surface area contributed by atoms with Crippen LogP contribution in [0.1, 0.15) is 19.4 Å². The van der Waals surface area contributed by atoms with Gasteiger partial charge in [-0.25, -0.2) is 4.79 Å². The molecule has 2 rings (SSSR count). The summed E-state index contributed by atoms with van der Waals surface area (Å²) in [7, 11) is 0. The Kier molecular flexibility index (Phi) is 3.56. The Bertz CT molecular complexity index is 527. The third-order valence-electron chi connectivity index (χ3n) is 3.08. The van der Waals surface area contributed by atoms with Crippen LogP contribution in [0, 0.1) is 0 Å². The SMILES string of the molecule is CCOC(=O)C(F)(F)C(C)(O)c1ccc2c(c1)OCO2. The van der Waals surface area contributed by atoms with Crippen molar-refractivity contribution in [1.82, 2.24) is 0 Å². The minimum atomic E-state index is -4.09. The zero-order chi connectivity index (χ0) is 15.0. The van der Waals surface area contributed by atoms with Crippen LogP contribution in [0.25, 0.3) is 0 Å².